The molecule has 4 rings (SSSR count). The van der Waals surface area contributed by atoms with Crippen molar-refractivity contribution in [2.45, 2.75) is 27.0 Å². The monoisotopic (exact) mass is 436 g/mol. The summed E-state index contributed by atoms with van der Waals surface area (Å²) in [5, 5.41) is 0.647. The number of hydrogen-bond acceptors (Lipinski definition) is 4. The Hall–Kier alpha value is -3.51. The lowest BCUT2D eigenvalue weighted by molar-refractivity contribution is 0.258. The van der Waals surface area contributed by atoms with Gasteiger partial charge < -0.3 is 9.26 Å². The molecule has 0 radical (unpaired) electrons. The normalized spacial score (nSPS) is 10.9. The first kappa shape index (κ1) is 20.8. The Morgan fingerprint density at radius 2 is 1.71 bits per heavy atom. The fourth-order valence-corrected chi connectivity index (χ4v) is 3.72. The van der Waals surface area contributed by atoms with E-state index in [-0.39, 0.29) is 6.54 Å². The van der Waals surface area contributed by atoms with E-state index in [1.807, 2.05) is 24.3 Å². The van der Waals surface area contributed by atoms with Crippen LogP contribution in [0, 0.1) is 13.8 Å². The highest BCUT2D eigenvalue weighted by Crippen LogP contribution is 2.30. The molecule has 0 aliphatic heterocycles. The van der Waals surface area contributed by atoms with Crippen LogP contribution in [-0.2, 0) is 13.2 Å². The zero-order chi connectivity index (χ0) is 22.0. The molecule has 3 aromatic carbocycles. The summed E-state index contributed by atoms with van der Waals surface area (Å²) in [5.74, 6) is -0.106. The Labute approximate surface area is 183 Å². The van der Waals surface area contributed by atoms with Crippen molar-refractivity contribution < 1.29 is 9.26 Å². The first-order valence-corrected chi connectivity index (χ1v) is 10.2. The Bertz CT molecular complexity index is 1310. The van der Waals surface area contributed by atoms with Crippen LogP contribution in [0.2, 0.25) is 5.02 Å². The number of H-pyrrole nitrogens is 1. The first-order chi connectivity index (χ1) is 14.9. The minimum atomic E-state index is -0.773. The predicted octanol–water partition coefficient (Wildman–Crippen LogP) is 4.69. The third-order valence-corrected chi connectivity index (χ3v) is 5.46. The van der Waals surface area contributed by atoms with Gasteiger partial charge in [-0.25, -0.2) is 14.6 Å². The summed E-state index contributed by atoms with van der Waals surface area (Å²) in [7, 11) is 0. The molecule has 1 aromatic heterocycles. The second-order valence-electron chi connectivity index (χ2n) is 7.35. The van der Waals surface area contributed by atoms with Crippen molar-refractivity contribution >= 4 is 11.6 Å². The number of benzene rings is 3. The number of hydrogen-bond donors (Lipinski definition) is 1. The number of nitrogens with one attached hydrogen (secondary N) is 1. The lowest BCUT2D eigenvalue weighted by Crippen LogP contribution is -2.17. The highest BCUT2D eigenvalue weighted by Gasteiger charge is 2.10. The molecule has 4 aromatic rings. The highest BCUT2D eigenvalue weighted by atomic mass is 35.5. The smallest absolute Gasteiger partial charge is 0.440 e. The molecule has 0 saturated heterocycles. The van der Waals surface area contributed by atoms with Gasteiger partial charge >= 0.3 is 11.4 Å². The van der Waals surface area contributed by atoms with Crippen LogP contribution in [0.1, 0.15) is 22.3 Å². The van der Waals surface area contributed by atoms with Crippen LogP contribution in [0.3, 0.4) is 0 Å². The minimum absolute atomic E-state index is 0.154. The minimum Gasteiger partial charge on any atom is -0.489 e. The van der Waals surface area contributed by atoms with Crippen LogP contribution < -0.4 is 16.2 Å². The van der Waals surface area contributed by atoms with E-state index in [1.165, 1.54) is 16.7 Å². The summed E-state index contributed by atoms with van der Waals surface area (Å²) in [4.78, 5) is 24.7. The predicted molar refractivity (Wildman–Crippen MR) is 120 cm³/mol. The topological polar surface area (TPSA) is 77.2 Å². The van der Waals surface area contributed by atoms with E-state index in [4.69, 9.17) is 20.9 Å². The summed E-state index contributed by atoms with van der Waals surface area (Å²) in [5.41, 5.74) is 5.84. The third-order valence-electron chi connectivity index (χ3n) is 5.09. The zero-order valence-corrected chi connectivity index (χ0v) is 17.9. The average Bonchev–Trinajstić information content (AvgIpc) is 3.05. The van der Waals surface area contributed by atoms with Gasteiger partial charge in [0.15, 0.2) is 0 Å². The van der Waals surface area contributed by atoms with E-state index in [2.05, 4.69) is 43.1 Å². The molecular formula is C24H21ClN2O4. The van der Waals surface area contributed by atoms with Gasteiger partial charge in [0.2, 0.25) is 0 Å². The Kier molecular flexibility index (Phi) is 5.82. The van der Waals surface area contributed by atoms with Gasteiger partial charge in [-0.3, -0.25) is 0 Å². The Balaban J connectivity index is 1.48. The van der Waals surface area contributed by atoms with E-state index in [9.17, 15) is 9.59 Å². The summed E-state index contributed by atoms with van der Waals surface area (Å²) < 4.78 is 11.7. The molecular weight excluding hydrogens is 416 g/mol. The van der Waals surface area contributed by atoms with Crippen LogP contribution in [0.15, 0.2) is 74.8 Å². The Morgan fingerprint density at radius 1 is 1.00 bits per heavy atom. The number of rotatable bonds is 6. The molecule has 0 aliphatic rings. The standard InChI is InChI=1S/C24H21ClN2O4/c1-15-4-3-5-16(2)22(15)18-8-11-21(25)19(12-18)14-30-20-9-6-17(7-10-20)13-27-23(28)26-24(29)31-27/h3-12H,13-14H2,1-2H3,(H,26,28,29). The van der Waals surface area contributed by atoms with Crippen LogP contribution in [0.5, 0.6) is 5.75 Å². The van der Waals surface area contributed by atoms with Gasteiger partial charge in [0.25, 0.3) is 0 Å². The second-order valence-corrected chi connectivity index (χ2v) is 7.76. The van der Waals surface area contributed by atoms with Gasteiger partial charge in [-0.05, 0) is 65.9 Å². The number of ether oxygens (including phenoxy) is 1. The van der Waals surface area contributed by atoms with E-state index >= 15 is 0 Å². The van der Waals surface area contributed by atoms with Crippen molar-refractivity contribution in [3.05, 3.63) is 109 Å². The van der Waals surface area contributed by atoms with Crippen molar-refractivity contribution in [2.75, 3.05) is 0 Å². The molecule has 0 aliphatic carbocycles. The molecule has 0 spiro atoms. The van der Waals surface area contributed by atoms with Crippen LogP contribution in [0.4, 0.5) is 0 Å². The number of aromatic nitrogens is 2. The number of aryl methyl sites for hydroxylation is 2. The summed E-state index contributed by atoms with van der Waals surface area (Å²) in [6.45, 7) is 4.67. The van der Waals surface area contributed by atoms with Crippen molar-refractivity contribution in [3.63, 3.8) is 0 Å². The van der Waals surface area contributed by atoms with Crippen molar-refractivity contribution in [1.29, 1.82) is 0 Å². The van der Waals surface area contributed by atoms with Gasteiger partial charge in [0, 0.05) is 10.6 Å². The van der Waals surface area contributed by atoms with Crippen molar-refractivity contribution in [2.24, 2.45) is 0 Å². The largest absolute Gasteiger partial charge is 0.489 e. The van der Waals surface area contributed by atoms with Crippen LogP contribution in [-0.4, -0.2) is 9.72 Å². The van der Waals surface area contributed by atoms with Gasteiger partial charge in [0.05, 0.1) is 6.54 Å². The molecule has 0 bridgehead atoms. The fraction of sp³-hybridized carbons (Fsp3) is 0.167. The van der Waals surface area contributed by atoms with E-state index in [1.54, 1.807) is 12.1 Å². The molecule has 1 N–H and O–H groups in total. The second kappa shape index (κ2) is 8.70. The van der Waals surface area contributed by atoms with Gasteiger partial charge in [-0.15, -0.1) is 4.74 Å². The molecule has 0 amide bonds. The van der Waals surface area contributed by atoms with Crippen molar-refractivity contribution in [3.8, 4) is 16.9 Å². The molecule has 31 heavy (non-hydrogen) atoms. The Morgan fingerprint density at radius 3 is 2.35 bits per heavy atom. The zero-order valence-electron chi connectivity index (χ0n) is 17.1. The van der Waals surface area contributed by atoms with E-state index in [0.717, 1.165) is 21.4 Å². The average molecular weight is 437 g/mol. The quantitative estimate of drug-likeness (QED) is 0.475. The lowest BCUT2D eigenvalue weighted by Gasteiger charge is -2.13. The third kappa shape index (κ3) is 4.64. The molecule has 158 valence electrons. The van der Waals surface area contributed by atoms with Crippen molar-refractivity contribution in [1.82, 2.24) is 9.72 Å². The molecule has 0 fully saturated rings. The first-order valence-electron chi connectivity index (χ1n) is 9.78. The maximum atomic E-state index is 11.6. The number of halogens is 1. The maximum Gasteiger partial charge on any atom is 0.440 e. The van der Waals surface area contributed by atoms with Gasteiger partial charge in [0.1, 0.15) is 12.4 Å². The van der Waals surface area contributed by atoms with Crippen LogP contribution >= 0.6 is 11.6 Å². The molecule has 6 nitrogen and oxygen atoms in total. The molecule has 0 saturated carbocycles. The molecule has 1 heterocycles. The number of nitrogens with zero attached hydrogens (tertiary/aromatic N) is 1. The molecule has 7 heteroatoms. The van der Waals surface area contributed by atoms with Gasteiger partial charge in [-0.1, -0.05) is 48.0 Å². The molecule has 0 unspecified atom stereocenters. The maximum absolute atomic E-state index is 11.6. The number of aromatic amines is 1. The summed E-state index contributed by atoms with van der Waals surface area (Å²) in [6, 6.07) is 19.5. The van der Waals surface area contributed by atoms with Crippen LogP contribution in [0.25, 0.3) is 11.1 Å². The summed E-state index contributed by atoms with van der Waals surface area (Å²) in [6.07, 6.45) is 0. The van der Waals surface area contributed by atoms with Gasteiger partial charge in [-0.2, -0.15) is 0 Å². The van der Waals surface area contributed by atoms with E-state index < -0.39 is 11.4 Å². The molecule has 0 atom stereocenters. The summed E-state index contributed by atoms with van der Waals surface area (Å²) >= 11 is 6.41. The highest BCUT2D eigenvalue weighted by molar-refractivity contribution is 6.31. The lowest BCUT2D eigenvalue weighted by atomic mass is 9.95. The fourth-order valence-electron chi connectivity index (χ4n) is 3.55. The SMILES string of the molecule is Cc1cccc(C)c1-c1ccc(Cl)c(COc2ccc(Cn3oc(=O)[nH]c3=O)cc2)c1. The van der Waals surface area contributed by atoms with E-state index in [0.29, 0.717) is 17.4 Å².